The number of rotatable bonds is 0. The molecule has 0 aliphatic heterocycles. The summed E-state index contributed by atoms with van der Waals surface area (Å²) < 4.78 is 0. The van der Waals surface area contributed by atoms with E-state index in [-0.39, 0.29) is 0 Å². The van der Waals surface area contributed by atoms with Crippen molar-refractivity contribution in [3.05, 3.63) is 34.2 Å². The van der Waals surface area contributed by atoms with E-state index in [4.69, 9.17) is 0 Å². The third-order valence-corrected chi connectivity index (χ3v) is 2.02. The second-order valence-corrected chi connectivity index (χ2v) is 2.72. The lowest BCUT2D eigenvalue weighted by molar-refractivity contribution is 1.38. The standard InChI is InChI=1S/C10H10.2C2H6/c1-8-4-2-5-9-6-3-7-10(8)9;2*1-2/h2,4-7H,3H2,1H3;2*1-2H3. The van der Waals surface area contributed by atoms with Gasteiger partial charge >= 0.3 is 0 Å². The molecule has 0 heterocycles. The molecule has 0 bridgehead atoms. The summed E-state index contributed by atoms with van der Waals surface area (Å²) in [5, 5.41) is 2.84. The Labute approximate surface area is 88.0 Å². The van der Waals surface area contributed by atoms with Crippen LogP contribution in [0, 0.1) is 6.92 Å². The molecule has 0 nitrogen and oxygen atoms in total. The van der Waals surface area contributed by atoms with Crippen molar-refractivity contribution in [3.8, 4) is 0 Å². The van der Waals surface area contributed by atoms with E-state index in [0.29, 0.717) is 0 Å². The Balaban J connectivity index is 0.000000379. The molecule has 0 saturated carbocycles. The minimum atomic E-state index is 1.11. The van der Waals surface area contributed by atoms with E-state index < -0.39 is 0 Å². The van der Waals surface area contributed by atoms with Crippen LogP contribution < -0.4 is 10.4 Å². The molecule has 0 amide bonds. The van der Waals surface area contributed by atoms with E-state index in [0.717, 1.165) is 6.42 Å². The summed E-state index contributed by atoms with van der Waals surface area (Å²) in [5.41, 5.74) is 1.39. The predicted octanol–water partition coefficient (Wildman–Crippen LogP) is 3.01. The van der Waals surface area contributed by atoms with E-state index in [1.807, 2.05) is 27.7 Å². The van der Waals surface area contributed by atoms with E-state index in [1.54, 1.807) is 0 Å². The second-order valence-electron chi connectivity index (χ2n) is 2.72. The summed E-state index contributed by atoms with van der Waals surface area (Å²) in [4.78, 5) is 0. The van der Waals surface area contributed by atoms with Gasteiger partial charge < -0.3 is 0 Å². The first-order valence-corrected chi connectivity index (χ1v) is 5.64. The fourth-order valence-electron chi connectivity index (χ4n) is 1.46. The van der Waals surface area contributed by atoms with Crippen LogP contribution in [0.3, 0.4) is 0 Å². The molecule has 1 aromatic carbocycles. The van der Waals surface area contributed by atoms with Crippen molar-refractivity contribution in [2.75, 3.05) is 0 Å². The molecule has 0 aromatic heterocycles. The first-order chi connectivity index (χ1) is 6.88. The number of aryl methyl sites for hydroxylation is 1. The summed E-state index contributed by atoms with van der Waals surface area (Å²) >= 11 is 0. The summed E-state index contributed by atoms with van der Waals surface area (Å²) in [7, 11) is 0. The maximum Gasteiger partial charge on any atom is -0.0151 e. The quantitative estimate of drug-likeness (QED) is 0.590. The Bertz CT molecular complexity index is 358. The van der Waals surface area contributed by atoms with Gasteiger partial charge in [-0.15, -0.1) is 0 Å². The summed E-state index contributed by atoms with van der Waals surface area (Å²) in [5.74, 6) is 0. The Hall–Kier alpha value is -1.04. The van der Waals surface area contributed by atoms with Gasteiger partial charge in [-0.1, -0.05) is 58.0 Å². The fourth-order valence-corrected chi connectivity index (χ4v) is 1.46. The van der Waals surface area contributed by atoms with Crippen LogP contribution in [0.15, 0.2) is 18.2 Å². The summed E-state index contributed by atoms with van der Waals surface area (Å²) in [6.07, 6.45) is 5.66. The average Bonchev–Trinajstić information content (AvgIpc) is 2.73. The highest BCUT2D eigenvalue weighted by atomic mass is 14.0. The van der Waals surface area contributed by atoms with Crippen LogP contribution in [0.25, 0.3) is 12.2 Å². The molecule has 0 spiro atoms. The molecular weight excluding hydrogens is 168 g/mol. The lowest BCUT2D eigenvalue weighted by Crippen LogP contribution is -2.23. The SMILES string of the molecule is CC.CC.Cc1cccc2c1=CCC=2. The molecule has 0 heteroatoms. The summed E-state index contributed by atoms with van der Waals surface area (Å²) in [6, 6.07) is 6.45. The highest BCUT2D eigenvalue weighted by Gasteiger charge is 1.93. The lowest BCUT2D eigenvalue weighted by atomic mass is 10.2. The van der Waals surface area contributed by atoms with Crippen LogP contribution in [-0.4, -0.2) is 0 Å². The molecule has 1 aliphatic carbocycles. The minimum absolute atomic E-state index is 1.11. The van der Waals surface area contributed by atoms with Crippen molar-refractivity contribution < 1.29 is 0 Å². The van der Waals surface area contributed by atoms with Crippen LogP contribution in [0.2, 0.25) is 0 Å². The zero-order chi connectivity index (χ0) is 11.0. The van der Waals surface area contributed by atoms with Crippen LogP contribution in [0.4, 0.5) is 0 Å². The molecule has 1 aromatic rings. The molecule has 0 N–H and O–H groups in total. The smallest absolute Gasteiger partial charge is 0.0151 e. The van der Waals surface area contributed by atoms with E-state index in [9.17, 15) is 0 Å². The fraction of sp³-hybridized carbons (Fsp3) is 0.429. The van der Waals surface area contributed by atoms with Crippen molar-refractivity contribution >= 4 is 12.2 Å². The van der Waals surface area contributed by atoms with Crippen molar-refractivity contribution in [3.63, 3.8) is 0 Å². The van der Waals surface area contributed by atoms with Gasteiger partial charge in [-0.3, -0.25) is 0 Å². The molecule has 78 valence electrons. The van der Waals surface area contributed by atoms with Gasteiger partial charge in [0.2, 0.25) is 0 Å². The van der Waals surface area contributed by atoms with Gasteiger partial charge in [0, 0.05) is 0 Å². The maximum atomic E-state index is 2.28. The van der Waals surface area contributed by atoms with Gasteiger partial charge in [0.05, 0.1) is 0 Å². The third kappa shape index (κ3) is 3.02. The normalized spacial score (nSPS) is 10.6. The van der Waals surface area contributed by atoms with Crippen LogP contribution >= 0.6 is 0 Å². The maximum absolute atomic E-state index is 2.28. The Kier molecular flexibility index (Phi) is 6.82. The van der Waals surface area contributed by atoms with Crippen molar-refractivity contribution in [2.24, 2.45) is 0 Å². The minimum Gasteiger partial charge on any atom is -0.0728 e. The molecule has 0 saturated heterocycles. The first kappa shape index (κ1) is 13.0. The zero-order valence-corrected chi connectivity index (χ0v) is 10.1. The van der Waals surface area contributed by atoms with Crippen molar-refractivity contribution in [1.82, 2.24) is 0 Å². The van der Waals surface area contributed by atoms with Crippen LogP contribution in [0.1, 0.15) is 39.7 Å². The largest absolute Gasteiger partial charge is 0.0728 e. The highest BCUT2D eigenvalue weighted by Crippen LogP contribution is 1.92. The van der Waals surface area contributed by atoms with Crippen molar-refractivity contribution in [2.45, 2.75) is 41.0 Å². The molecule has 0 radical (unpaired) electrons. The molecule has 0 unspecified atom stereocenters. The Morgan fingerprint density at radius 1 is 0.929 bits per heavy atom. The summed E-state index contributed by atoms with van der Waals surface area (Å²) in [6.45, 7) is 10.2. The monoisotopic (exact) mass is 190 g/mol. The van der Waals surface area contributed by atoms with Crippen LogP contribution in [-0.2, 0) is 0 Å². The first-order valence-electron chi connectivity index (χ1n) is 5.64. The molecule has 1 aliphatic rings. The van der Waals surface area contributed by atoms with E-state index in [2.05, 4.69) is 37.3 Å². The van der Waals surface area contributed by atoms with Gasteiger partial charge in [-0.2, -0.15) is 0 Å². The van der Waals surface area contributed by atoms with Gasteiger partial charge in [0.25, 0.3) is 0 Å². The molecule has 2 rings (SSSR count). The number of hydrogen-bond acceptors (Lipinski definition) is 0. The molecule has 14 heavy (non-hydrogen) atoms. The molecule has 0 atom stereocenters. The third-order valence-electron chi connectivity index (χ3n) is 2.02. The topological polar surface area (TPSA) is 0 Å². The zero-order valence-electron chi connectivity index (χ0n) is 10.1. The molecule has 0 fully saturated rings. The van der Waals surface area contributed by atoms with Crippen molar-refractivity contribution in [1.29, 1.82) is 0 Å². The average molecular weight is 190 g/mol. The number of hydrogen-bond donors (Lipinski definition) is 0. The lowest BCUT2D eigenvalue weighted by Gasteiger charge is -1.89. The van der Waals surface area contributed by atoms with E-state index in [1.165, 1.54) is 16.0 Å². The number of fused-ring (bicyclic) bond motifs is 1. The predicted molar refractivity (Wildman–Crippen MR) is 66.7 cm³/mol. The highest BCUT2D eigenvalue weighted by molar-refractivity contribution is 5.48. The second kappa shape index (κ2) is 7.37. The van der Waals surface area contributed by atoms with Gasteiger partial charge in [-0.05, 0) is 29.3 Å². The molecular formula is C14H22. The number of benzene rings is 1. The van der Waals surface area contributed by atoms with Crippen LogP contribution in [0.5, 0.6) is 0 Å². The van der Waals surface area contributed by atoms with E-state index >= 15 is 0 Å². The van der Waals surface area contributed by atoms with Gasteiger partial charge in [-0.25, -0.2) is 0 Å². The van der Waals surface area contributed by atoms with Gasteiger partial charge in [0.1, 0.15) is 0 Å². The Morgan fingerprint density at radius 3 is 2.14 bits per heavy atom. The van der Waals surface area contributed by atoms with Gasteiger partial charge in [0.15, 0.2) is 0 Å². The Morgan fingerprint density at radius 2 is 1.57 bits per heavy atom.